The van der Waals surface area contributed by atoms with Crippen LogP contribution in [0.5, 0.6) is 0 Å². The first kappa shape index (κ1) is 20.7. The van der Waals surface area contributed by atoms with Crippen LogP contribution in [0.15, 0.2) is 29.1 Å². The van der Waals surface area contributed by atoms with Gasteiger partial charge in [0.05, 0.1) is 17.8 Å². The highest BCUT2D eigenvalue weighted by molar-refractivity contribution is 5.76. The van der Waals surface area contributed by atoms with E-state index in [9.17, 15) is 14.0 Å². The van der Waals surface area contributed by atoms with Gasteiger partial charge in [0.1, 0.15) is 11.6 Å². The average molecular weight is 413 g/mol. The Morgan fingerprint density at radius 1 is 1.33 bits per heavy atom. The molecule has 1 aromatic heterocycles. The molecule has 0 saturated carbocycles. The van der Waals surface area contributed by atoms with Crippen molar-refractivity contribution in [2.45, 2.75) is 58.0 Å². The van der Waals surface area contributed by atoms with Crippen molar-refractivity contribution in [1.29, 1.82) is 0 Å². The van der Waals surface area contributed by atoms with Gasteiger partial charge in [-0.25, -0.2) is 9.37 Å². The van der Waals surface area contributed by atoms with Crippen LogP contribution in [0, 0.1) is 5.82 Å². The molecule has 160 valence electrons. The van der Waals surface area contributed by atoms with Gasteiger partial charge in [0.2, 0.25) is 5.91 Å². The van der Waals surface area contributed by atoms with Crippen molar-refractivity contribution in [3.63, 3.8) is 0 Å². The molecule has 1 N–H and O–H groups in total. The Balaban J connectivity index is 1.47. The lowest BCUT2D eigenvalue weighted by Crippen LogP contribution is -2.40. The number of fused-ring (bicyclic) bond motifs is 1. The summed E-state index contributed by atoms with van der Waals surface area (Å²) in [6.07, 6.45) is 3.94. The third-order valence-electron chi connectivity index (χ3n) is 6.09. The van der Waals surface area contributed by atoms with Crippen molar-refractivity contribution in [3.8, 4) is 0 Å². The summed E-state index contributed by atoms with van der Waals surface area (Å²) in [5.74, 6) is 0.793. The van der Waals surface area contributed by atoms with Gasteiger partial charge in [0.15, 0.2) is 0 Å². The van der Waals surface area contributed by atoms with Crippen LogP contribution < -0.4 is 5.56 Å². The Labute approximate surface area is 176 Å². The summed E-state index contributed by atoms with van der Waals surface area (Å²) in [6.45, 7) is 5.40. The molecule has 0 radical (unpaired) electrons. The van der Waals surface area contributed by atoms with Crippen LogP contribution in [0.25, 0.3) is 0 Å². The molecule has 1 fully saturated rings. The number of nitrogens with one attached hydrogen (secondary N) is 1. The van der Waals surface area contributed by atoms with Crippen LogP contribution >= 0.6 is 0 Å². The van der Waals surface area contributed by atoms with Crippen LogP contribution in [-0.2, 0) is 24.3 Å². The summed E-state index contributed by atoms with van der Waals surface area (Å²) in [6, 6.07) is 6.72. The summed E-state index contributed by atoms with van der Waals surface area (Å²) in [5.41, 5.74) is 2.30. The first-order valence-corrected chi connectivity index (χ1v) is 10.9. The maximum Gasteiger partial charge on any atom is 0.256 e. The number of carbonyl (C=O) groups excluding carboxylic acids is 1. The van der Waals surface area contributed by atoms with Crippen LogP contribution in [0.3, 0.4) is 0 Å². The third-order valence-corrected chi connectivity index (χ3v) is 6.09. The molecule has 6 nitrogen and oxygen atoms in total. The summed E-state index contributed by atoms with van der Waals surface area (Å²) >= 11 is 0. The van der Waals surface area contributed by atoms with E-state index in [0.717, 1.165) is 49.4 Å². The van der Waals surface area contributed by atoms with Crippen molar-refractivity contribution >= 4 is 5.91 Å². The van der Waals surface area contributed by atoms with E-state index >= 15 is 0 Å². The number of H-pyrrole nitrogens is 1. The number of halogens is 1. The number of amides is 1. The van der Waals surface area contributed by atoms with E-state index in [4.69, 9.17) is 4.98 Å². The lowest BCUT2D eigenvalue weighted by molar-refractivity contribution is -0.132. The molecule has 7 heteroatoms. The second-order valence-electron chi connectivity index (χ2n) is 8.40. The van der Waals surface area contributed by atoms with Gasteiger partial charge >= 0.3 is 0 Å². The zero-order chi connectivity index (χ0) is 21.1. The molecule has 0 aliphatic carbocycles. The fourth-order valence-electron chi connectivity index (χ4n) is 4.54. The van der Waals surface area contributed by atoms with Crippen molar-refractivity contribution in [1.82, 2.24) is 19.8 Å². The standard InChI is InChI=1S/C23H29FN4O2/c1-2-5-21(29)28-11-9-20-19(15-28)23(30)26-22(25-20)17-7-4-10-27(14-17)13-16-6-3-8-18(24)12-16/h3,6,8,12,17H,2,4-5,7,9-11,13-15H2,1H3,(H,25,26,30)/t17-/m0/s1. The van der Waals surface area contributed by atoms with Gasteiger partial charge in [-0.3, -0.25) is 14.5 Å². The Morgan fingerprint density at radius 2 is 2.20 bits per heavy atom. The van der Waals surface area contributed by atoms with E-state index in [2.05, 4.69) is 9.88 Å². The van der Waals surface area contributed by atoms with Gasteiger partial charge in [-0.15, -0.1) is 0 Å². The number of nitrogens with zero attached hydrogens (tertiary/aromatic N) is 3. The number of piperidine rings is 1. The minimum Gasteiger partial charge on any atom is -0.338 e. The smallest absolute Gasteiger partial charge is 0.256 e. The molecule has 2 aromatic rings. The maximum absolute atomic E-state index is 13.5. The van der Waals surface area contributed by atoms with Crippen molar-refractivity contribution in [2.75, 3.05) is 19.6 Å². The molecular weight excluding hydrogens is 383 g/mol. The Bertz CT molecular complexity index is 974. The van der Waals surface area contributed by atoms with Crippen molar-refractivity contribution < 1.29 is 9.18 Å². The number of rotatable bonds is 5. The monoisotopic (exact) mass is 412 g/mol. The highest BCUT2D eigenvalue weighted by Gasteiger charge is 2.28. The largest absolute Gasteiger partial charge is 0.338 e. The summed E-state index contributed by atoms with van der Waals surface area (Å²) < 4.78 is 13.5. The molecule has 1 amide bonds. The first-order chi connectivity index (χ1) is 14.5. The van der Waals surface area contributed by atoms with E-state index < -0.39 is 0 Å². The van der Waals surface area contributed by atoms with Crippen LogP contribution in [0.1, 0.15) is 61.2 Å². The van der Waals surface area contributed by atoms with Gasteiger partial charge in [-0.2, -0.15) is 0 Å². The SMILES string of the molecule is CCCC(=O)N1CCc2nc([C@H]3CCCN(Cc4cccc(F)c4)C3)[nH]c(=O)c2C1. The van der Waals surface area contributed by atoms with E-state index in [-0.39, 0.29) is 23.2 Å². The number of hydrogen-bond acceptors (Lipinski definition) is 4. The zero-order valence-corrected chi connectivity index (χ0v) is 17.5. The topological polar surface area (TPSA) is 69.3 Å². The summed E-state index contributed by atoms with van der Waals surface area (Å²) in [5, 5.41) is 0. The number of benzene rings is 1. The second-order valence-corrected chi connectivity index (χ2v) is 8.40. The van der Waals surface area contributed by atoms with Gasteiger partial charge in [0.25, 0.3) is 5.56 Å². The van der Waals surface area contributed by atoms with E-state index in [1.165, 1.54) is 6.07 Å². The molecule has 0 spiro atoms. The third kappa shape index (κ3) is 4.61. The van der Waals surface area contributed by atoms with Gasteiger partial charge < -0.3 is 9.88 Å². The molecule has 0 bridgehead atoms. The van der Waals surface area contributed by atoms with Gasteiger partial charge in [-0.05, 0) is 43.5 Å². The molecular formula is C23H29FN4O2. The zero-order valence-electron chi connectivity index (χ0n) is 17.5. The van der Waals surface area contributed by atoms with E-state index in [0.29, 0.717) is 38.0 Å². The molecule has 3 heterocycles. The van der Waals surface area contributed by atoms with E-state index in [1.54, 1.807) is 17.0 Å². The summed E-state index contributed by atoms with van der Waals surface area (Å²) in [7, 11) is 0. The Kier molecular flexibility index (Phi) is 6.27. The van der Waals surface area contributed by atoms with Gasteiger partial charge in [0, 0.05) is 38.4 Å². The molecule has 30 heavy (non-hydrogen) atoms. The lowest BCUT2D eigenvalue weighted by atomic mass is 9.96. The number of aromatic nitrogens is 2. The van der Waals surface area contributed by atoms with Crippen molar-refractivity contribution in [3.05, 3.63) is 63.1 Å². The molecule has 0 unspecified atom stereocenters. The maximum atomic E-state index is 13.5. The molecule has 4 rings (SSSR count). The van der Waals surface area contributed by atoms with Crippen LogP contribution in [0.4, 0.5) is 4.39 Å². The molecule has 2 aliphatic rings. The Hall–Kier alpha value is -2.54. The normalized spacial score (nSPS) is 19.5. The lowest BCUT2D eigenvalue weighted by Gasteiger charge is -2.33. The quantitative estimate of drug-likeness (QED) is 0.820. The molecule has 1 saturated heterocycles. The average Bonchev–Trinajstić information content (AvgIpc) is 2.74. The molecule has 2 aliphatic heterocycles. The fraction of sp³-hybridized carbons (Fsp3) is 0.522. The van der Waals surface area contributed by atoms with Crippen LogP contribution in [-0.4, -0.2) is 45.3 Å². The highest BCUT2D eigenvalue weighted by atomic mass is 19.1. The fourth-order valence-corrected chi connectivity index (χ4v) is 4.54. The minimum atomic E-state index is -0.215. The second kappa shape index (κ2) is 9.08. The van der Waals surface area contributed by atoms with Gasteiger partial charge in [-0.1, -0.05) is 19.1 Å². The highest BCUT2D eigenvalue weighted by Crippen LogP contribution is 2.26. The minimum absolute atomic E-state index is 0.104. The Morgan fingerprint density at radius 3 is 3.00 bits per heavy atom. The number of aromatic amines is 1. The van der Waals surface area contributed by atoms with E-state index in [1.807, 2.05) is 13.0 Å². The number of likely N-dealkylation sites (tertiary alicyclic amines) is 1. The van der Waals surface area contributed by atoms with Crippen LogP contribution in [0.2, 0.25) is 0 Å². The first-order valence-electron chi connectivity index (χ1n) is 10.9. The molecule has 1 atom stereocenters. The number of carbonyl (C=O) groups is 1. The predicted molar refractivity (Wildman–Crippen MR) is 113 cm³/mol. The number of hydrogen-bond donors (Lipinski definition) is 1. The summed E-state index contributed by atoms with van der Waals surface area (Å²) in [4.78, 5) is 36.9. The van der Waals surface area contributed by atoms with Crippen molar-refractivity contribution in [2.24, 2.45) is 0 Å². The molecule has 1 aromatic carbocycles. The predicted octanol–water partition coefficient (Wildman–Crippen LogP) is 2.97.